The predicted octanol–water partition coefficient (Wildman–Crippen LogP) is 1.71. The number of rotatable bonds is 8. The zero-order chi connectivity index (χ0) is 27.6. The first-order valence-corrected chi connectivity index (χ1v) is 15.3. The molecule has 39 heavy (non-hydrogen) atoms. The fourth-order valence-corrected chi connectivity index (χ4v) is 6.12. The number of sulfone groups is 1. The number of nitrogens with zero attached hydrogens (tertiary/aromatic N) is 2. The molecule has 0 saturated carbocycles. The van der Waals surface area contributed by atoms with Gasteiger partial charge in [-0.15, -0.1) is 0 Å². The molecule has 2 fully saturated rings. The number of likely N-dealkylation sites (N-methyl/N-ethyl adjacent to an activating group) is 1. The highest BCUT2D eigenvalue weighted by molar-refractivity contribution is 7.90. The van der Waals surface area contributed by atoms with E-state index in [-0.39, 0.29) is 29.1 Å². The molecule has 0 aliphatic carbocycles. The standard InChI is InChI=1S/C28H37N3O7S/c1-30-12-13-36-26-14-20(6-7-25(26)30)27(33)31-10-8-28(9-11-31)16-21(18-38-28)29-17-22(32)19-37-23-4-3-5-24(15-23)39(2,34)35/h3-7,14-15,21-22,29,32H,8-13,16-19H2,1-2H3. The maximum absolute atomic E-state index is 13.2. The molecular weight excluding hydrogens is 522 g/mol. The van der Waals surface area contributed by atoms with E-state index in [1.54, 1.807) is 12.1 Å². The van der Waals surface area contributed by atoms with Gasteiger partial charge < -0.3 is 34.4 Å². The molecule has 2 aromatic rings. The lowest BCUT2D eigenvalue weighted by Crippen LogP contribution is -2.47. The van der Waals surface area contributed by atoms with E-state index in [1.807, 2.05) is 30.1 Å². The van der Waals surface area contributed by atoms with Crippen LogP contribution in [0.2, 0.25) is 0 Å². The second-order valence-corrected chi connectivity index (χ2v) is 12.8. The molecule has 0 radical (unpaired) electrons. The van der Waals surface area contributed by atoms with Crippen molar-refractivity contribution in [3.05, 3.63) is 48.0 Å². The Bertz CT molecular complexity index is 1290. The number of hydrogen-bond donors (Lipinski definition) is 2. The van der Waals surface area contributed by atoms with E-state index in [9.17, 15) is 18.3 Å². The number of carbonyl (C=O) groups excluding carboxylic acids is 1. The molecule has 10 nitrogen and oxygen atoms in total. The van der Waals surface area contributed by atoms with Gasteiger partial charge in [-0.3, -0.25) is 4.79 Å². The van der Waals surface area contributed by atoms with E-state index in [4.69, 9.17) is 14.2 Å². The molecule has 1 amide bonds. The smallest absolute Gasteiger partial charge is 0.253 e. The van der Waals surface area contributed by atoms with Crippen LogP contribution in [0.1, 0.15) is 29.6 Å². The van der Waals surface area contributed by atoms with Crippen LogP contribution in [0.15, 0.2) is 47.4 Å². The van der Waals surface area contributed by atoms with E-state index >= 15 is 0 Å². The van der Waals surface area contributed by atoms with Crippen LogP contribution in [-0.4, -0.2) is 101 Å². The molecule has 2 atom stereocenters. The molecule has 5 rings (SSSR count). The van der Waals surface area contributed by atoms with Gasteiger partial charge in [-0.2, -0.15) is 0 Å². The Hall–Kier alpha value is -2.86. The number of anilines is 1. The van der Waals surface area contributed by atoms with Crippen molar-refractivity contribution < 1.29 is 32.5 Å². The van der Waals surface area contributed by atoms with Gasteiger partial charge in [-0.1, -0.05) is 6.07 Å². The van der Waals surface area contributed by atoms with Gasteiger partial charge in [-0.05, 0) is 55.7 Å². The maximum Gasteiger partial charge on any atom is 0.253 e. The number of amides is 1. The van der Waals surface area contributed by atoms with Crippen molar-refractivity contribution in [2.24, 2.45) is 0 Å². The minimum Gasteiger partial charge on any atom is -0.491 e. The maximum atomic E-state index is 13.2. The highest BCUT2D eigenvalue weighted by Gasteiger charge is 2.43. The molecule has 11 heteroatoms. The van der Waals surface area contributed by atoms with Gasteiger partial charge in [0.25, 0.3) is 5.91 Å². The number of ether oxygens (including phenoxy) is 3. The van der Waals surface area contributed by atoms with E-state index in [0.717, 1.165) is 43.5 Å². The Kier molecular flexibility index (Phi) is 8.04. The van der Waals surface area contributed by atoms with E-state index in [2.05, 4.69) is 10.2 Å². The highest BCUT2D eigenvalue weighted by Crippen LogP contribution is 2.37. The van der Waals surface area contributed by atoms with Crippen LogP contribution in [0, 0.1) is 0 Å². The number of hydrogen-bond acceptors (Lipinski definition) is 9. The molecule has 3 aliphatic heterocycles. The van der Waals surface area contributed by atoms with Crippen LogP contribution in [0.4, 0.5) is 5.69 Å². The van der Waals surface area contributed by atoms with Crippen molar-refractivity contribution in [1.82, 2.24) is 10.2 Å². The number of nitrogens with one attached hydrogen (secondary N) is 1. The number of aliphatic hydroxyl groups excluding tert-OH is 1. The first kappa shape index (κ1) is 27.7. The summed E-state index contributed by atoms with van der Waals surface area (Å²) in [7, 11) is -1.30. The molecular formula is C28H37N3O7S. The van der Waals surface area contributed by atoms with Crippen LogP contribution >= 0.6 is 0 Å². The lowest BCUT2D eigenvalue weighted by molar-refractivity contribution is -0.0389. The number of fused-ring (bicyclic) bond motifs is 1. The molecule has 2 N–H and O–H groups in total. The highest BCUT2D eigenvalue weighted by atomic mass is 32.2. The Morgan fingerprint density at radius 3 is 2.77 bits per heavy atom. The lowest BCUT2D eigenvalue weighted by Gasteiger charge is -2.39. The molecule has 0 bridgehead atoms. The molecule has 2 unspecified atom stereocenters. The van der Waals surface area contributed by atoms with E-state index < -0.39 is 15.9 Å². The molecule has 3 heterocycles. The Morgan fingerprint density at radius 2 is 2.00 bits per heavy atom. The van der Waals surface area contributed by atoms with Crippen LogP contribution in [0.3, 0.4) is 0 Å². The number of piperidine rings is 1. The van der Waals surface area contributed by atoms with Crippen molar-refractivity contribution in [3.8, 4) is 11.5 Å². The van der Waals surface area contributed by atoms with Crippen molar-refractivity contribution in [1.29, 1.82) is 0 Å². The fraction of sp³-hybridized carbons (Fsp3) is 0.536. The van der Waals surface area contributed by atoms with E-state index in [1.165, 1.54) is 12.1 Å². The lowest BCUT2D eigenvalue weighted by atomic mass is 9.87. The Balaban J connectivity index is 1.06. The summed E-state index contributed by atoms with van der Waals surface area (Å²) in [4.78, 5) is 17.4. The summed E-state index contributed by atoms with van der Waals surface area (Å²) in [6, 6.07) is 12.0. The first-order valence-electron chi connectivity index (χ1n) is 13.4. The number of carbonyl (C=O) groups is 1. The molecule has 3 aliphatic rings. The number of benzene rings is 2. The van der Waals surface area contributed by atoms with Gasteiger partial charge in [-0.25, -0.2) is 8.42 Å². The van der Waals surface area contributed by atoms with Crippen molar-refractivity contribution in [2.45, 2.75) is 41.9 Å². The van der Waals surface area contributed by atoms with Crippen LogP contribution in [0.25, 0.3) is 0 Å². The molecule has 2 saturated heterocycles. The largest absolute Gasteiger partial charge is 0.491 e. The van der Waals surface area contributed by atoms with Gasteiger partial charge in [0, 0.05) is 44.5 Å². The minimum absolute atomic E-state index is 0.0161. The number of likely N-dealkylation sites (tertiary alicyclic amines) is 1. The van der Waals surface area contributed by atoms with Crippen molar-refractivity contribution in [3.63, 3.8) is 0 Å². The van der Waals surface area contributed by atoms with Crippen LogP contribution < -0.4 is 19.7 Å². The second kappa shape index (κ2) is 11.3. The van der Waals surface area contributed by atoms with Gasteiger partial charge in [0.2, 0.25) is 0 Å². The summed E-state index contributed by atoms with van der Waals surface area (Å²) < 4.78 is 41.0. The van der Waals surface area contributed by atoms with Gasteiger partial charge >= 0.3 is 0 Å². The Labute approximate surface area is 229 Å². The van der Waals surface area contributed by atoms with Gasteiger partial charge in [0.05, 0.1) is 29.3 Å². The molecule has 2 aromatic carbocycles. The monoisotopic (exact) mass is 559 g/mol. The summed E-state index contributed by atoms with van der Waals surface area (Å²) >= 11 is 0. The van der Waals surface area contributed by atoms with Crippen LogP contribution in [-0.2, 0) is 14.6 Å². The molecule has 1 spiro atoms. The van der Waals surface area contributed by atoms with Crippen molar-refractivity contribution >= 4 is 21.4 Å². The summed E-state index contributed by atoms with van der Waals surface area (Å²) in [6.45, 7) is 3.63. The first-order chi connectivity index (χ1) is 18.6. The third-order valence-electron chi connectivity index (χ3n) is 7.79. The zero-order valence-corrected chi connectivity index (χ0v) is 23.3. The zero-order valence-electron chi connectivity index (χ0n) is 22.5. The number of aliphatic hydroxyl groups is 1. The fourth-order valence-electron chi connectivity index (χ4n) is 5.46. The van der Waals surface area contributed by atoms with Crippen molar-refractivity contribution in [2.75, 3.05) is 64.2 Å². The van der Waals surface area contributed by atoms with Gasteiger partial charge in [0.1, 0.15) is 30.8 Å². The predicted molar refractivity (Wildman–Crippen MR) is 146 cm³/mol. The third kappa shape index (κ3) is 6.49. The summed E-state index contributed by atoms with van der Waals surface area (Å²) in [5.74, 6) is 1.17. The average Bonchev–Trinajstić information content (AvgIpc) is 3.32. The minimum atomic E-state index is -3.32. The van der Waals surface area contributed by atoms with E-state index in [0.29, 0.717) is 44.2 Å². The van der Waals surface area contributed by atoms with Crippen LogP contribution in [0.5, 0.6) is 11.5 Å². The third-order valence-corrected chi connectivity index (χ3v) is 8.90. The van der Waals surface area contributed by atoms with Gasteiger partial charge in [0.15, 0.2) is 9.84 Å². The summed E-state index contributed by atoms with van der Waals surface area (Å²) in [5, 5.41) is 13.8. The summed E-state index contributed by atoms with van der Waals surface area (Å²) in [5.41, 5.74) is 1.39. The second-order valence-electron chi connectivity index (χ2n) is 10.8. The summed E-state index contributed by atoms with van der Waals surface area (Å²) in [6.07, 6.45) is 2.74. The Morgan fingerprint density at radius 1 is 1.21 bits per heavy atom. The quantitative estimate of drug-likeness (QED) is 0.498. The SMILES string of the molecule is CN1CCOc2cc(C(=O)N3CCC4(CC3)CC(NCC(O)COc3cccc(S(C)(=O)=O)c3)CO4)ccc21. The average molecular weight is 560 g/mol. The topological polar surface area (TPSA) is 118 Å². The normalized spacial score (nSPS) is 21.4. The molecule has 212 valence electrons. The molecule has 0 aromatic heterocycles.